The van der Waals surface area contributed by atoms with Crippen molar-refractivity contribution in [1.82, 2.24) is 39.9 Å². The maximum atomic E-state index is 11.7. The van der Waals surface area contributed by atoms with E-state index < -0.39 is 0 Å². The number of hydrogen-bond acceptors (Lipinski definition) is 18. The minimum Gasteiger partial charge on any atom is -0.493 e. The fraction of sp³-hybridized carbons (Fsp3) is 0.0625. The fourth-order valence-corrected chi connectivity index (χ4v) is 9.84. The molecule has 8 bridgehead atoms. The number of H-pyrrole nitrogens is 2. The number of ether oxygens (including phenoxy) is 8. The Balaban J connectivity index is 1.06. The van der Waals surface area contributed by atoms with Crippen molar-refractivity contribution < 1.29 is 57.1 Å². The third-order valence-corrected chi connectivity index (χ3v) is 13.9. The normalized spacial score (nSPS) is 11.3. The van der Waals surface area contributed by atoms with E-state index in [1.54, 1.807) is 109 Å². The molecule has 0 radical (unpaired) electrons. The first-order valence-electron chi connectivity index (χ1n) is 25.8. The Morgan fingerprint density at radius 1 is 0.286 bits per heavy atom. The molecule has 410 valence electrons. The second kappa shape index (κ2) is 21.3. The van der Waals surface area contributed by atoms with E-state index in [0.29, 0.717) is 158 Å². The molecule has 0 amide bonds. The molecule has 0 saturated heterocycles. The number of hydrogen-bond donors (Lipinski definition) is 2. The summed E-state index contributed by atoms with van der Waals surface area (Å²) in [5.41, 5.74) is 5.42. The van der Waals surface area contributed by atoms with Crippen molar-refractivity contribution in [3.8, 4) is 115 Å². The van der Waals surface area contributed by atoms with Gasteiger partial charge in [-0.1, -0.05) is 0 Å². The third-order valence-electron chi connectivity index (χ3n) is 13.9. The second-order valence-corrected chi connectivity index (χ2v) is 19.0. The summed E-state index contributed by atoms with van der Waals surface area (Å²) in [4.78, 5) is 84.8. The highest BCUT2D eigenvalue weighted by Crippen LogP contribution is 2.44. The number of aromatic amines is 2. The Kier molecular flexibility index (Phi) is 13.1. The highest BCUT2D eigenvalue weighted by molar-refractivity contribution is 6.07. The van der Waals surface area contributed by atoms with E-state index in [2.05, 4.69) is 9.97 Å². The molecule has 0 saturated carbocycles. The Bertz CT molecular complexity index is 4450. The van der Waals surface area contributed by atoms with Crippen LogP contribution in [0.25, 0.3) is 89.7 Å². The number of carbonyl (C=O) groups is 4. The van der Waals surface area contributed by atoms with Gasteiger partial charge < -0.3 is 47.9 Å². The fourth-order valence-electron chi connectivity index (χ4n) is 9.84. The van der Waals surface area contributed by atoms with Gasteiger partial charge in [0.1, 0.15) is 70.7 Å². The highest BCUT2D eigenvalue weighted by Gasteiger charge is 2.25. The predicted octanol–water partition coefficient (Wildman–Crippen LogP) is 13.3. The van der Waals surface area contributed by atoms with Gasteiger partial charge in [-0.05, 0) is 146 Å². The first-order valence-corrected chi connectivity index (χ1v) is 25.8. The van der Waals surface area contributed by atoms with Gasteiger partial charge in [-0.3, -0.25) is 19.2 Å². The average molecular weight is 1120 g/mol. The van der Waals surface area contributed by atoms with Crippen LogP contribution in [0.15, 0.2) is 146 Å². The van der Waals surface area contributed by atoms with Crippen LogP contribution < -0.4 is 37.9 Å². The van der Waals surface area contributed by atoms with E-state index in [1.807, 2.05) is 36.4 Å². The number of aromatic nitrogens is 8. The lowest BCUT2D eigenvalue weighted by molar-refractivity contribution is 0.111. The number of benzene rings is 8. The van der Waals surface area contributed by atoms with Crippen molar-refractivity contribution in [2.24, 2.45) is 0 Å². The molecule has 3 aromatic heterocycles. The van der Waals surface area contributed by atoms with Gasteiger partial charge >= 0.3 is 0 Å². The molecule has 2 aliphatic rings. The van der Waals surface area contributed by atoms with E-state index in [-0.39, 0.29) is 23.3 Å². The van der Waals surface area contributed by atoms with Crippen LogP contribution in [0.5, 0.6) is 69.0 Å². The van der Waals surface area contributed by atoms with Crippen molar-refractivity contribution in [2.45, 2.75) is 0 Å². The Morgan fingerprint density at radius 2 is 0.571 bits per heavy atom. The van der Waals surface area contributed by atoms with Gasteiger partial charge in [0.2, 0.25) is 0 Å². The Hall–Kier alpha value is -11.8. The largest absolute Gasteiger partial charge is 0.493 e. The minimum atomic E-state index is 0.263. The number of methoxy groups -OCH3 is 4. The highest BCUT2D eigenvalue weighted by atomic mass is 16.5. The number of aldehydes is 4. The molecule has 0 aliphatic carbocycles. The average Bonchev–Trinajstić information content (AvgIpc) is 3.84. The molecule has 0 unspecified atom stereocenters. The van der Waals surface area contributed by atoms with Gasteiger partial charge in [0, 0.05) is 66.1 Å². The lowest BCUT2D eigenvalue weighted by Gasteiger charge is -2.11. The maximum absolute atomic E-state index is 11.7. The summed E-state index contributed by atoms with van der Waals surface area (Å²) in [5, 5.41) is 2.44. The monoisotopic (exact) mass is 1110 g/mol. The molecule has 0 fully saturated rings. The number of rotatable bonds is 16. The molecule has 5 heterocycles. The van der Waals surface area contributed by atoms with Gasteiger partial charge in [0.15, 0.2) is 69.3 Å². The summed E-state index contributed by atoms with van der Waals surface area (Å²) in [6, 6.07) is 41.1. The molecule has 84 heavy (non-hydrogen) atoms. The molecule has 0 spiro atoms. The van der Waals surface area contributed by atoms with Gasteiger partial charge in [0.05, 0.1) is 28.4 Å². The van der Waals surface area contributed by atoms with Crippen LogP contribution in [0.3, 0.4) is 0 Å². The molecule has 8 aromatic carbocycles. The summed E-state index contributed by atoms with van der Waals surface area (Å²) in [6.45, 7) is 0. The number of carbonyl (C=O) groups excluding carboxylic acids is 4. The Labute approximate surface area is 475 Å². The van der Waals surface area contributed by atoms with E-state index in [4.69, 9.17) is 67.8 Å². The van der Waals surface area contributed by atoms with Gasteiger partial charge in [-0.15, -0.1) is 0 Å². The molecule has 20 nitrogen and oxygen atoms in total. The predicted molar refractivity (Wildman–Crippen MR) is 310 cm³/mol. The molecule has 11 aromatic rings. The molecule has 13 rings (SSSR count). The van der Waals surface area contributed by atoms with Crippen LogP contribution >= 0.6 is 0 Å². The van der Waals surface area contributed by atoms with E-state index in [1.165, 1.54) is 28.4 Å². The summed E-state index contributed by atoms with van der Waals surface area (Å²) in [5.74, 6) is 5.59. The molecular weight excluding hydrogens is 1070 g/mol. The van der Waals surface area contributed by atoms with Gasteiger partial charge in [-0.2, -0.15) is 0 Å². The van der Waals surface area contributed by atoms with Crippen molar-refractivity contribution in [1.29, 1.82) is 0 Å². The maximum Gasteiger partial charge on any atom is 0.169 e. The van der Waals surface area contributed by atoms with Crippen LogP contribution in [0, 0.1) is 0 Å². The van der Waals surface area contributed by atoms with Crippen molar-refractivity contribution in [3.63, 3.8) is 0 Å². The van der Waals surface area contributed by atoms with E-state index in [0.717, 1.165) is 25.1 Å². The zero-order valence-corrected chi connectivity index (χ0v) is 44.7. The molecular formula is C64H42N8O12. The van der Waals surface area contributed by atoms with E-state index >= 15 is 0 Å². The van der Waals surface area contributed by atoms with Crippen LogP contribution in [0.1, 0.15) is 41.4 Å². The van der Waals surface area contributed by atoms with Crippen LogP contribution in [0.2, 0.25) is 0 Å². The molecule has 20 heteroatoms. The van der Waals surface area contributed by atoms with Crippen LogP contribution in [-0.4, -0.2) is 93.5 Å². The summed E-state index contributed by atoms with van der Waals surface area (Å²) < 4.78 is 48.1. The molecule has 0 atom stereocenters. The second-order valence-electron chi connectivity index (χ2n) is 19.0. The van der Waals surface area contributed by atoms with Gasteiger partial charge in [-0.25, -0.2) is 29.9 Å². The summed E-state index contributed by atoms with van der Waals surface area (Å²) >= 11 is 0. The lowest BCUT2D eigenvalue weighted by Crippen LogP contribution is -1.93. The minimum absolute atomic E-state index is 0.263. The first kappa shape index (κ1) is 51.6. The lowest BCUT2D eigenvalue weighted by atomic mass is 10.1. The first-order chi connectivity index (χ1) is 41.1. The quantitative estimate of drug-likeness (QED) is 0.0853. The number of nitrogens with one attached hydrogen (secondary N) is 2. The van der Waals surface area contributed by atoms with Gasteiger partial charge in [0.25, 0.3) is 0 Å². The number of nitrogens with zero attached hydrogens (tertiary/aromatic N) is 6. The zero-order valence-electron chi connectivity index (χ0n) is 44.7. The summed E-state index contributed by atoms with van der Waals surface area (Å²) in [6.07, 6.45) is 2.90. The number of fused-ring (bicyclic) bond motifs is 20. The summed E-state index contributed by atoms with van der Waals surface area (Å²) in [7, 11) is 5.97. The third kappa shape index (κ3) is 9.49. The SMILES string of the molecule is COc1cc(C=O)ccc1Oc1ccc2c(c1)-c1nc-2nc2[nH]c(nc3nc(nc4[nH]c(n1)c1ccc(Oc5ccc(C=O)cc5OC)cc41)-c1ccc(Oc4ccc(C=O)cc4OC)cc1-3)c1ccc(Oc3ccc(C=O)cc3OC)cc21. The van der Waals surface area contributed by atoms with Crippen molar-refractivity contribution in [3.05, 3.63) is 168 Å². The topological polar surface area (TPSA) is 251 Å². The standard InChI is InChI=1S/C64H42N8O12/c1-77-53-21-33(29-73)5-17-49(53)81-37-9-13-41-45(25-37)61-65-57(41)70-62-47-27-39(83-51-19-7-35(31-75)23-55(51)79-3)11-15-43(47)59(67-62)72-64-48-28-40(84-52-20-8-36(32-76)24-56(52)80-4)12-16-44(48)60(68-64)71-63-46-26-38(10-14-42(46)58(66-63)69-61)82-50-18-6-34(30-74)22-54(50)78-2/h5-32H,1-4H3,(H2,65,66,67,68,69,70,71,72). The van der Waals surface area contributed by atoms with E-state index in [9.17, 15) is 19.2 Å². The van der Waals surface area contributed by atoms with Crippen LogP contribution in [-0.2, 0) is 0 Å². The van der Waals surface area contributed by atoms with Crippen molar-refractivity contribution in [2.75, 3.05) is 28.4 Å². The van der Waals surface area contributed by atoms with Crippen molar-refractivity contribution >= 4 is 69.3 Å². The smallest absolute Gasteiger partial charge is 0.169 e. The molecule has 2 N–H and O–H groups in total. The molecule has 2 aliphatic heterocycles. The van der Waals surface area contributed by atoms with Crippen LogP contribution in [0.4, 0.5) is 0 Å². The Morgan fingerprint density at radius 3 is 0.881 bits per heavy atom. The zero-order chi connectivity index (χ0) is 57.6.